The summed E-state index contributed by atoms with van der Waals surface area (Å²) >= 11 is 1.71. The predicted molar refractivity (Wildman–Crippen MR) is 92.6 cm³/mol. The molecule has 7 nitrogen and oxygen atoms in total. The lowest BCUT2D eigenvalue weighted by Crippen LogP contribution is -2.41. The third kappa shape index (κ3) is 3.16. The summed E-state index contributed by atoms with van der Waals surface area (Å²) in [6.45, 7) is 2.44. The van der Waals surface area contributed by atoms with Crippen LogP contribution in [0.4, 0.5) is 0 Å². The molecule has 0 radical (unpaired) electrons. The van der Waals surface area contributed by atoms with Crippen molar-refractivity contribution >= 4 is 17.2 Å². The number of likely N-dealkylation sites (tertiary alicyclic amines) is 1. The van der Waals surface area contributed by atoms with Crippen LogP contribution in [-0.2, 0) is 6.54 Å². The van der Waals surface area contributed by atoms with Gasteiger partial charge in [-0.3, -0.25) is 9.69 Å². The lowest BCUT2D eigenvalue weighted by atomic mass is 9.92. The second-order valence-electron chi connectivity index (χ2n) is 6.95. The molecule has 1 aliphatic carbocycles. The smallest absolute Gasteiger partial charge is 0.292 e. The van der Waals surface area contributed by atoms with E-state index in [2.05, 4.69) is 22.1 Å². The number of piperidine rings is 1. The molecular formula is C17H22N4O3S. The summed E-state index contributed by atoms with van der Waals surface area (Å²) in [4.78, 5) is 21.2. The van der Waals surface area contributed by atoms with Crippen LogP contribution in [0.25, 0.3) is 0 Å². The van der Waals surface area contributed by atoms with Gasteiger partial charge in [0.1, 0.15) is 5.01 Å². The minimum Gasteiger partial charge on any atom is -0.479 e. The van der Waals surface area contributed by atoms with Crippen LogP contribution in [-0.4, -0.2) is 59.1 Å². The summed E-state index contributed by atoms with van der Waals surface area (Å²) in [5.74, 6) is 0.489. The Balaban J connectivity index is 1.32. The molecule has 2 fully saturated rings. The summed E-state index contributed by atoms with van der Waals surface area (Å²) in [6, 6.07) is 2.15. The monoisotopic (exact) mass is 362 g/mol. The van der Waals surface area contributed by atoms with Crippen LogP contribution in [0.15, 0.2) is 22.2 Å². The fourth-order valence-corrected chi connectivity index (χ4v) is 4.59. The third-order valence-corrected chi connectivity index (χ3v) is 6.27. The molecule has 1 unspecified atom stereocenters. The maximum atomic E-state index is 12.5. The Morgan fingerprint density at radius 1 is 1.52 bits per heavy atom. The molecule has 4 rings (SSSR count). The highest BCUT2D eigenvalue weighted by atomic mass is 32.1. The molecule has 8 heteroatoms. The minimum atomic E-state index is -0.0982. The Kier molecular flexibility index (Phi) is 4.24. The molecule has 1 saturated carbocycles. The predicted octanol–water partition coefficient (Wildman–Crippen LogP) is 2.27. The van der Waals surface area contributed by atoms with Gasteiger partial charge in [0.05, 0.1) is 19.7 Å². The SMILES string of the molecule is COc1cc(C(=O)N2CCC3(CC2)CC3N(C)Cc2nccs2)on1. The van der Waals surface area contributed by atoms with Crippen molar-refractivity contribution in [2.75, 3.05) is 27.2 Å². The van der Waals surface area contributed by atoms with Gasteiger partial charge < -0.3 is 14.2 Å². The molecule has 1 aliphatic heterocycles. The number of rotatable bonds is 5. The molecule has 0 bridgehead atoms. The van der Waals surface area contributed by atoms with Gasteiger partial charge >= 0.3 is 0 Å². The fraction of sp³-hybridized carbons (Fsp3) is 0.588. The van der Waals surface area contributed by atoms with Crippen LogP contribution in [0.5, 0.6) is 5.88 Å². The van der Waals surface area contributed by atoms with Gasteiger partial charge in [-0.15, -0.1) is 11.3 Å². The molecule has 1 atom stereocenters. The van der Waals surface area contributed by atoms with Crippen LogP contribution in [0, 0.1) is 5.41 Å². The van der Waals surface area contributed by atoms with Crippen LogP contribution < -0.4 is 4.74 Å². The van der Waals surface area contributed by atoms with Gasteiger partial charge in [0.25, 0.3) is 11.8 Å². The largest absolute Gasteiger partial charge is 0.479 e. The number of methoxy groups -OCH3 is 1. The van der Waals surface area contributed by atoms with E-state index in [1.807, 2.05) is 16.5 Å². The molecule has 2 aromatic heterocycles. The van der Waals surface area contributed by atoms with E-state index in [4.69, 9.17) is 9.26 Å². The van der Waals surface area contributed by atoms with E-state index in [0.29, 0.717) is 17.3 Å². The number of ether oxygens (including phenoxy) is 1. The maximum Gasteiger partial charge on any atom is 0.292 e. The van der Waals surface area contributed by atoms with Gasteiger partial charge in [-0.05, 0) is 36.9 Å². The van der Waals surface area contributed by atoms with Crippen LogP contribution in [0.1, 0.15) is 34.8 Å². The van der Waals surface area contributed by atoms with E-state index in [0.717, 1.165) is 37.5 Å². The van der Waals surface area contributed by atoms with Crippen molar-refractivity contribution in [3.05, 3.63) is 28.4 Å². The zero-order chi connectivity index (χ0) is 17.4. The van der Waals surface area contributed by atoms with Crippen molar-refractivity contribution in [1.82, 2.24) is 19.9 Å². The topological polar surface area (TPSA) is 71.7 Å². The Morgan fingerprint density at radius 3 is 2.96 bits per heavy atom. The molecule has 0 aromatic carbocycles. The number of aromatic nitrogens is 2. The van der Waals surface area contributed by atoms with Crippen LogP contribution >= 0.6 is 11.3 Å². The Labute approximate surface area is 150 Å². The third-order valence-electron chi connectivity index (χ3n) is 5.50. The van der Waals surface area contributed by atoms with Crippen molar-refractivity contribution in [3.8, 4) is 5.88 Å². The maximum absolute atomic E-state index is 12.5. The first kappa shape index (κ1) is 16.5. The van der Waals surface area contributed by atoms with Crippen molar-refractivity contribution in [1.29, 1.82) is 0 Å². The minimum absolute atomic E-state index is 0.0982. The molecule has 2 aliphatic rings. The van der Waals surface area contributed by atoms with Gasteiger partial charge in [-0.2, -0.15) is 0 Å². The number of hydrogen-bond acceptors (Lipinski definition) is 7. The summed E-state index contributed by atoms with van der Waals surface area (Å²) in [6.07, 6.45) is 5.15. The Hall–Kier alpha value is -1.93. The van der Waals surface area contributed by atoms with Crippen molar-refractivity contribution in [3.63, 3.8) is 0 Å². The Bertz CT molecular complexity index is 737. The van der Waals surface area contributed by atoms with E-state index in [9.17, 15) is 4.79 Å². The number of thiazole rings is 1. The zero-order valence-corrected chi connectivity index (χ0v) is 15.3. The first-order valence-corrected chi connectivity index (χ1v) is 9.38. The van der Waals surface area contributed by atoms with E-state index < -0.39 is 0 Å². The summed E-state index contributed by atoms with van der Waals surface area (Å²) in [5, 5.41) is 6.89. The zero-order valence-electron chi connectivity index (χ0n) is 14.5. The lowest BCUT2D eigenvalue weighted by molar-refractivity contribution is 0.0616. The summed E-state index contributed by atoms with van der Waals surface area (Å²) in [7, 11) is 3.69. The Morgan fingerprint density at radius 2 is 2.32 bits per heavy atom. The van der Waals surface area contributed by atoms with Crippen LogP contribution in [0.2, 0.25) is 0 Å². The number of carbonyl (C=O) groups excluding carboxylic acids is 1. The molecule has 1 amide bonds. The number of amides is 1. The van der Waals surface area contributed by atoms with Crippen LogP contribution in [0.3, 0.4) is 0 Å². The highest BCUT2D eigenvalue weighted by Crippen LogP contribution is 2.56. The normalized spacial score (nSPS) is 21.7. The first-order valence-electron chi connectivity index (χ1n) is 8.50. The van der Waals surface area contributed by atoms with Gasteiger partial charge in [0.2, 0.25) is 5.76 Å². The first-order chi connectivity index (χ1) is 12.1. The second-order valence-corrected chi connectivity index (χ2v) is 7.93. The highest BCUT2D eigenvalue weighted by molar-refractivity contribution is 7.09. The summed E-state index contributed by atoms with van der Waals surface area (Å²) in [5.41, 5.74) is 0.363. The standard InChI is InChI=1S/C17H22N4O3S/c1-20(11-15-18-5-8-25-15)13-10-17(13)3-6-21(7-4-17)16(22)12-9-14(23-2)19-24-12/h5,8-9,13H,3-4,6-7,10-11H2,1-2H3. The molecule has 25 heavy (non-hydrogen) atoms. The quantitative estimate of drug-likeness (QED) is 0.812. The van der Waals surface area contributed by atoms with Gasteiger partial charge in [-0.1, -0.05) is 0 Å². The summed E-state index contributed by atoms with van der Waals surface area (Å²) < 4.78 is 10.0. The molecule has 3 heterocycles. The average molecular weight is 362 g/mol. The lowest BCUT2D eigenvalue weighted by Gasteiger charge is -2.33. The fourth-order valence-electron chi connectivity index (χ4n) is 3.91. The number of hydrogen-bond donors (Lipinski definition) is 0. The van der Waals surface area contributed by atoms with Gasteiger partial charge in [0, 0.05) is 30.7 Å². The van der Waals surface area contributed by atoms with E-state index in [-0.39, 0.29) is 11.7 Å². The molecular weight excluding hydrogens is 340 g/mol. The molecule has 2 aromatic rings. The number of carbonyl (C=O) groups is 1. The van der Waals surface area contributed by atoms with Crippen molar-refractivity contribution in [2.45, 2.75) is 31.8 Å². The van der Waals surface area contributed by atoms with Crippen molar-refractivity contribution < 1.29 is 14.1 Å². The average Bonchev–Trinajstić information content (AvgIpc) is 3.02. The molecule has 1 saturated heterocycles. The van der Waals surface area contributed by atoms with Crippen molar-refractivity contribution in [2.24, 2.45) is 5.41 Å². The van der Waals surface area contributed by atoms with Gasteiger partial charge in [0.15, 0.2) is 0 Å². The number of nitrogens with zero attached hydrogens (tertiary/aromatic N) is 4. The molecule has 1 spiro atoms. The molecule has 134 valence electrons. The molecule has 0 N–H and O–H groups in total. The second kappa shape index (κ2) is 6.42. The van der Waals surface area contributed by atoms with E-state index in [1.54, 1.807) is 17.4 Å². The highest BCUT2D eigenvalue weighted by Gasteiger charge is 2.57. The van der Waals surface area contributed by atoms with E-state index in [1.165, 1.54) is 13.5 Å². The van der Waals surface area contributed by atoms with E-state index >= 15 is 0 Å². The van der Waals surface area contributed by atoms with Gasteiger partial charge in [-0.25, -0.2) is 4.98 Å².